The average molecular weight is 498 g/mol. The Balaban J connectivity index is 2.44. The zero-order chi connectivity index (χ0) is 20.1. The average Bonchev–Trinajstić information content (AvgIpc) is 3.18. The van der Waals surface area contributed by atoms with Crippen molar-refractivity contribution in [1.29, 1.82) is 0 Å². The third kappa shape index (κ3) is 5.43. The van der Waals surface area contributed by atoms with Gasteiger partial charge in [0.2, 0.25) is 0 Å². The number of unbranched alkanes of at least 4 members (excludes halogenated alkanes) is 3. The van der Waals surface area contributed by atoms with E-state index in [1.54, 1.807) is 18.9 Å². The Morgan fingerprint density at radius 1 is 1.04 bits per heavy atom. The van der Waals surface area contributed by atoms with E-state index in [0.29, 0.717) is 11.9 Å². The van der Waals surface area contributed by atoms with E-state index in [1.165, 1.54) is 38.5 Å². The van der Waals surface area contributed by atoms with E-state index in [2.05, 4.69) is 51.4 Å². The van der Waals surface area contributed by atoms with Crippen molar-refractivity contribution in [3.8, 4) is 0 Å². The van der Waals surface area contributed by atoms with Crippen molar-refractivity contribution >= 4 is 32.4 Å². The Bertz CT molecular complexity index is 503. The van der Waals surface area contributed by atoms with Crippen LogP contribution in [0.4, 0.5) is 0 Å². The van der Waals surface area contributed by atoms with Gasteiger partial charge in [-0.05, 0) is 0 Å². The van der Waals surface area contributed by atoms with Crippen LogP contribution in [0.1, 0.15) is 72.1 Å². The van der Waals surface area contributed by atoms with Crippen molar-refractivity contribution in [2.45, 2.75) is 115 Å². The van der Waals surface area contributed by atoms with Crippen molar-refractivity contribution in [1.82, 2.24) is 4.90 Å². The molecule has 2 nitrogen and oxygen atoms in total. The predicted molar refractivity (Wildman–Crippen MR) is 125 cm³/mol. The van der Waals surface area contributed by atoms with Crippen molar-refractivity contribution in [3.63, 3.8) is 0 Å². The fraction of sp³-hybridized carbons (Fsp3) is 0.870. The first-order valence-electron chi connectivity index (χ1n) is 11.8. The normalized spacial score (nSPS) is 21.6. The van der Waals surface area contributed by atoms with Gasteiger partial charge < -0.3 is 0 Å². The van der Waals surface area contributed by atoms with Gasteiger partial charge in [0, 0.05) is 0 Å². The second kappa shape index (κ2) is 10.3. The van der Waals surface area contributed by atoms with Gasteiger partial charge in [-0.25, -0.2) is 0 Å². The molecule has 0 aliphatic carbocycles. The van der Waals surface area contributed by atoms with E-state index in [0.717, 1.165) is 22.9 Å². The molecule has 0 N–H and O–H groups in total. The molecule has 4 heteroatoms. The summed E-state index contributed by atoms with van der Waals surface area (Å²) >= 11 is -2.37. The first kappa shape index (κ1) is 23.5. The van der Waals surface area contributed by atoms with Gasteiger partial charge in [-0.15, -0.1) is 0 Å². The number of fused-ring (bicyclic) bond motifs is 1. The van der Waals surface area contributed by atoms with Gasteiger partial charge in [-0.1, -0.05) is 0 Å². The van der Waals surface area contributed by atoms with Gasteiger partial charge in [0.05, 0.1) is 0 Å². The summed E-state index contributed by atoms with van der Waals surface area (Å²) in [6, 6.07) is 0.482. The van der Waals surface area contributed by atoms with E-state index in [9.17, 15) is 4.79 Å². The summed E-state index contributed by atoms with van der Waals surface area (Å²) in [5.41, 5.74) is 1.78. The Kier molecular flexibility index (Phi) is 8.98. The molecule has 0 saturated carbocycles. The molecular formula is C23H45NOSiSn. The maximum absolute atomic E-state index is 12.4. The molecule has 1 amide bonds. The molecule has 0 aromatic rings. The van der Waals surface area contributed by atoms with Gasteiger partial charge in [0.25, 0.3) is 0 Å². The molecule has 27 heavy (non-hydrogen) atoms. The topological polar surface area (TPSA) is 20.3 Å². The van der Waals surface area contributed by atoms with Crippen molar-refractivity contribution in [3.05, 3.63) is 11.6 Å². The fourth-order valence-electron chi connectivity index (χ4n) is 6.13. The molecule has 0 aromatic carbocycles. The number of carbonyl (C=O) groups excluding carboxylic acids is 1. The second-order valence-electron chi connectivity index (χ2n) is 10.3. The van der Waals surface area contributed by atoms with Crippen LogP contribution in [-0.4, -0.2) is 49.8 Å². The molecule has 1 fully saturated rings. The number of rotatable bonds is 12. The van der Waals surface area contributed by atoms with Crippen LogP contribution in [0, 0.1) is 0 Å². The monoisotopic (exact) mass is 499 g/mol. The molecule has 0 bridgehead atoms. The predicted octanol–water partition coefficient (Wildman–Crippen LogP) is 7.01. The summed E-state index contributed by atoms with van der Waals surface area (Å²) in [6.07, 6.45) is 12.8. The maximum atomic E-state index is 12.4. The molecule has 0 radical (unpaired) electrons. The number of nitrogens with zero attached hydrogens (tertiary/aromatic N) is 1. The van der Waals surface area contributed by atoms with Crippen LogP contribution in [0.5, 0.6) is 0 Å². The Hall–Kier alpha value is 0.226. The zero-order valence-electron chi connectivity index (χ0n) is 19.1. The number of amides is 1. The fourth-order valence-corrected chi connectivity index (χ4v) is 44.5. The number of carbonyl (C=O) groups is 1. The number of hydrogen-bond donors (Lipinski definition) is 0. The Morgan fingerprint density at radius 2 is 1.56 bits per heavy atom. The van der Waals surface area contributed by atoms with Gasteiger partial charge in [-0.3, -0.25) is 0 Å². The van der Waals surface area contributed by atoms with Gasteiger partial charge in [0.1, 0.15) is 0 Å². The minimum absolute atomic E-state index is 0.414. The van der Waals surface area contributed by atoms with Crippen LogP contribution in [0.25, 0.3) is 0 Å². The molecule has 2 unspecified atom stereocenters. The first-order valence-corrected chi connectivity index (χ1v) is 23.1. The summed E-state index contributed by atoms with van der Waals surface area (Å²) in [5.74, 6) is 0.414. The molecule has 2 heterocycles. The quantitative estimate of drug-likeness (QED) is 0.209. The van der Waals surface area contributed by atoms with Crippen molar-refractivity contribution in [2.24, 2.45) is 0 Å². The van der Waals surface area contributed by atoms with Gasteiger partial charge in [-0.2, -0.15) is 0 Å². The van der Waals surface area contributed by atoms with Crippen LogP contribution < -0.4 is 0 Å². The van der Waals surface area contributed by atoms with Crippen LogP contribution in [0.3, 0.4) is 0 Å². The third-order valence-electron chi connectivity index (χ3n) is 7.13. The van der Waals surface area contributed by atoms with E-state index >= 15 is 0 Å². The minimum atomic E-state index is -2.37. The second-order valence-corrected chi connectivity index (χ2v) is 30.9. The summed E-state index contributed by atoms with van der Waals surface area (Å²) in [4.78, 5) is 14.6. The van der Waals surface area contributed by atoms with Crippen LogP contribution in [0.15, 0.2) is 11.6 Å². The molecule has 2 aliphatic heterocycles. The standard InChI is InChI=1S/C11H18NOSi.3C4H9.Sn/c1-14(2,3)8-9-6-7-12-10(9)4-5-11(12)13;3*1-3-4-2;/h6,8,10H,4-5,7H2,1-3H3;3*1,3-4H2,2H3;. The van der Waals surface area contributed by atoms with Crippen LogP contribution >= 0.6 is 0 Å². The summed E-state index contributed by atoms with van der Waals surface area (Å²) in [7, 11) is -1.33. The van der Waals surface area contributed by atoms with E-state index in [1.807, 2.05) is 0 Å². The van der Waals surface area contributed by atoms with Crippen molar-refractivity contribution in [2.75, 3.05) is 6.54 Å². The van der Waals surface area contributed by atoms with Gasteiger partial charge in [0.15, 0.2) is 0 Å². The van der Waals surface area contributed by atoms with E-state index < -0.39 is 26.5 Å². The van der Waals surface area contributed by atoms with Crippen LogP contribution in [-0.2, 0) is 4.79 Å². The Labute approximate surface area is 174 Å². The first-order chi connectivity index (χ1) is 12.8. The molecule has 0 spiro atoms. The molecule has 156 valence electrons. The number of hydrogen-bond acceptors (Lipinski definition) is 1. The molecular weight excluding hydrogens is 453 g/mol. The van der Waals surface area contributed by atoms with Crippen molar-refractivity contribution < 1.29 is 4.79 Å². The Morgan fingerprint density at radius 3 is 2.00 bits per heavy atom. The molecule has 2 atom stereocenters. The molecule has 2 rings (SSSR count). The van der Waals surface area contributed by atoms with Gasteiger partial charge >= 0.3 is 175 Å². The molecule has 0 aromatic heterocycles. The van der Waals surface area contributed by atoms with E-state index in [-0.39, 0.29) is 0 Å². The summed E-state index contributed by atoms with van der Waals surface area (Å²) in [6.45, 7) is 16.0. The summed E-state index contributed by atoms with van der Waals surface area (Å²) < 4.78 is 5.73. The SMILES string of the molecule is CCC[CH2][Sn]([CH2]CCC)([CH2]CCC)[CH](C1=CCN2C(=O)CCC12)[Si](C)(C)C. The zero-order valence-corrected chi connectivity index (χ0v) is 22.9. The third-order valence-corrected chi connectivity index (χ3v) is 36.7. The molecule has 1 saturated heterocycles. The van der Waals surface area contributed by atoms with E-state index in [4.69, 9.17) is 0 Å². The molecule has 2 aliphatic rings. The summed E-state index contributed by atoms with van der Waals surface area (Å²) in [5, 5.41) is 0. The van der Waals surface area contributed by atoms with Crippen LogP contribution in [0.2, 0.25) is 36.5 Å².